The summed E-state index contributed by atoms with van der Waals surface area (Å²) in [6.45, 7) is 3.31. The molecule has 0 aromatic rings. The predicted octanol–water partition coefficient (Wildman–Crippen LogP) is 10.9. The van der Waals surface area contributed by atoms with E-state index in [2.05, 4.69) is 79.2 Å². The van der Waals surface area contributed by atoms with E-state index in [1.54, 1.807) is 0 Å². The standard InChI is InChI=1S/C47H80N2O7/c1-3-5-7-9-11-13-14-15-16-17-18-19-20-21-22-23-24-25-27-29-35-39-46(53)56-42(36-32-28-26-12-10-8-6-4-2)37-33-30-31-34-38-44(51)48-40-45(52)49-43(41-50)47(54)55/h6,8,12,14-15,17-18,26,32,36,42-43,50H,3-5,7,9-11,13,16,19-25,27-31,33-35,37-41H2,1-2H3,(H,48,51)(H,49,52)(H,54,55)/b8-6-,15-14-,18-17-,26-12-,36-32-. The number of aliphatic hydroxyl groups is 1. The lowest BCUT2D eigenvalue weighted by Gasteiger charge is -2.15. The van der Waals surface area contributed by atoms with Crippen LogP contribution in [0, 0.1) is 0 Å². The average Bonchev–Trinajstić information content (AvgIpc) is 3.18. The number of nitrogens with one attached hydrogen (secondary N) is 2. The summed E-state index contributed by atoms with van der Waals surface area (Å²) < 4.78 is 5.88. The predicted molar refractivity (Wildman–Crippen MR) is 231 cm³/mol. The zero-order chi connectivity index (χ0) is 41.2. The van der Waals surface area contributed by atoms with Crippen LogP contribution < -0.4 is 10.6 Å². The molecule has 0 aliphatic heterocycles. The van der Waals surface area contributed by atoms with Crippen LogP contribution in [0.5, 0.6) is 0 Å². The first-order valence-corrected chi connectivity index (χ1v) is 22.2. The minimum Gasteiger partial charge on any atom is -0.480 e. The van der Waals surface area contributed by atoms with Crippen LogP contribution >= 0.6 is 0 Å². The number of esters is 1. The van der Waals surface area contributed by atoms with Crippen molar-refractivity contribution in [2.24, 2.45) is 0 Å². The van der Waals surface area contributed by atoms with E-state index in [0.29, 0.717) is 12.8 Å². The van der Waals surface area contributed by atoms with E-state index in [4.69, 9.17) is 14.9 Å². The molecule has 4 N–H and O–H groups in total. The Bertz CT molecular complexity index is 1130. The third-order valence-electron chi connectivity index (χ3n) is 9.48. The molecule has 0 saturated carbocycles. The Morgan fingerprint density at radius 3 is 1.64 bits per heavy atom. The average molecular weight is 785 g/mol. The van der Waals surface area contributed by atoms with Gasteiger partial charge >= 0.3 is 11.9 Å². The van der Waals surface area contributed by atoms with Crippen molar-refractivity contribution >= 4 is 23.8 Å². The second kappa shape index (κ2) is 41.2. The molecule has 2 unspecified atom stereocenters. The normalized spacial score (nSPS) is 13.1. The summed E-state index contributed by atoms with van der Waals surface area (Å²) in [6.07, 6.45) is 49.9. The number of aliphatic hydroxyl groups excluding tert-OH is 1. The lowest BCUT2D eigenvalue weighted by Crippen LogP contribution is -2.47. The summed E-state index contributed by atoms with van der Waals surface area (Å²) in [6, 6.07) is -1.40. The van der Waals surface area contributed by atoms with Crippen molar-refractivity contribution in [1.82, 2.24) is 10.6 Å². The lowest BCUT2D eigenvalue weighted by molar-refractivity contribution is -0.147. The molecule has 0 radical (unpaired) electrons. The molecule has 2 atom stereocenters. The van der Waals surface area contributed by atoms with Crippen LogP contribution in [-0.2, 0) is 23.9 Å². The van der Waals surface area contributed by atoms with Gasteiger partial charge in [0.05, 0.1) is 13.2 Å². The Morgan fingerprint density at radius 1 is 0.571 bits per heavy atom. The summed E-state index contributed by atoms with van der Waals surface area (Å²) in [7, 11) is 0. The number of ether oxygens (including phenoxy) is 1. The molecule has 0 aromatic heterocycles. The Labute approximate surface area is 341 Å². The highest BCUT2D eigenvalue weighted by Gasteiger charge is 2.18. The number of carbonyl (C=O) groups is 4. The summed E-state index contributed by atoms with van der Waals surface area (Å²) in [5, 5.41) is 22.5. The smallest absolute Gasteiger partial charge is 0.328 e. The van der Waals surface area contributed by atoms with Gasteiger partial charge in [-0.15, -0.1) is 0 Å². The minimum absolute atomic E-state index is 0.142. The largest absolute Gasteiger partial charge is 0.480 e. The van der Waals surface area contributed by atoms with Crippen molar-refractivity contribution < 1.29 is 34.1 Å². The molecule has 2 amide bonds. The molecule has 0 rings (SSSR count). The van der Waals surface area contributed by atoms with Crippen molar-refractivity contribution in [3.05, 3.63) is 60.8 Å². The number of amides is 2. The maximum atomic E-state index is 12.7. The van der Waals surface area contributed by atoms with Gasteiger partial charge in [-0.05, 0) is 83.1 Å². The molecule has 56 heavy (non-hydrogen) atoms. The van der Waals surface area contributed by atoms with Gasteiger partial charge in [-0.25, -0.2) is 4.79 Å². The Hall–Kier alpha value is -3.46. The monoisotopic (exact) mass is 785 g/mol. The van der Waals surface area contributed by atoms with E-state index in [1.165, 1.54) is 83.5 Å². The van der Waals surface area contributed by atoms with Gasteiger partial charge in [0.2, 0.25) is 11.8 Å². The Morgan fingerprint density at radius 2 is 1.07 bits per heavy atom. The number of hydrogen-bond acceptors (Lipinski definition) is 6. The van der Waals surface area contributed by atoms with Gasteiger partial charge in [0.1, 0.15) is 12.1 Å². The van der Waals surface area contributed by atoms with Crippen LogP contribution in [0.2, 0.25) is 0 Å². The number of allylic oxidation sites excluding steroid dienone is 9. The van der Waals surface area contributed by atoms with Crippen LogP contribution in [0.15, 0.2) is 60.8 Å². The van der Waals surface area contributed by atoms with E-state index >= 15 is 0 Å². The van der Waals surface area contributed by atoms with Crippen LogP contribution in [-0.4, -0.2) is 59.3 Å². The number of aliphatic carboxylic acids is 1. The third-order valence-corrected chi connectivity index (χ3v) is 9.48. The first-order chi connectivity index (χ1) is 27.3. The van der Waals surface area contributed by atoms with Crippen LogP contribution in [0.25, 0.3) is 0 Å². The fraction of sp³-hybridized carbons (Fsp3) is 0.702. The second-order valence-corrected chi connectivity index (χ2v) is 14.8. The molecular weight excluding hydrogens is 705 g/mol. The maximum absolute atomic E-state index is 12.7. The molecule has 9 nitrogen and oxygen atoms in total. The summed E-state index contributed by atoms with van der Waals surface area (Å²) in [4.78, 5) is 47.5. The molecule has 0 spiro atoms. The fourth-order valence-electron chi connectivity index (χ4n) is 6.09. The van der Waals surface area contributed by atoms with Gasteiger partial charge in [-0.1, -0.05) is 152 Å². The van der Waals surface area contributed by atoms with Gasteiger partial charge < -0.3 is 25.6 Å². The van der Waals surface area contributed by atoms with Crippen LogP contribution in [0.1, 0.15) is 187 Å². The summed E-state index contributed by atoms with van der Waals surface area (Å²) in [5.41, 5.74) is 0. The van der Waals surface area contributed by atoms with Crippen molar-refractivity contribution in [1.29, 1.82) is 0 Å². The highest BCUT2D eigenvalue weighted by molar-refractivity contribution is 5.87. The zero-order valence-electron chi connectivity index (χ0n) is 35.4. The van der Waals surface area contributed by atoms with Crippen LogP contribution in [0.4, 0.5) is 0 Å². The number of hydrogen-bond donors (Lipinski definition) is 4. The molecule has 0 fully saturated rings. The minimum atomic E-state index is -1.40. The van der Waals surface area contributed by atoms with E-state index < -0.39 is 24.5 Å². The SMILES string of the molecule is CC/C=C\C/C=C\C/C=C\C(CCCCCCC(=O)NCC(=O)NC(CO)C(=O)O)OC(=O)CCCCCCCCCCC/C=C\C/C=C\CCCCCCC. The quantitative estimate of drug-likeness (QED) is 0.0276. The van der Waals surface area contributed by atoms with Crippen molar-refractivity contribution in [3.63, 3.8) is 0 Å². The molecule has 0 heterocycles. The lowest BCUT2D eigenvalue weighted by atomic mass is 10.1. The van der Waals surface area contributed by atoms with Crippen molar-refractivity contribution in [2.45, 2.75) is 199 Å². The first-order valence-electron chi connectivity index (χ1n) is 22.2. The maximum Gasteiger partial charge on any atom is 0.328 e. The molecule has 0 bridgehead atoms. The Kier molecular flexibility index (Phi) is 38.6. The highest BCUT2D eigenvalue weighted by atomic mass is 16.5. The summed E-state index contributed by atoms with van der Waals surface area (Å²) >= 11 is 0. The number of carboxylic acids is 1. The number of rotatable bonds is 39. The molecule has 0 aliphatic carbocycles. The number of carboxylic acid groups (broad SMARTS) is 1. The Balaban J connectivity index is 4.21. The van der Waals surface area contributed by atoms with E-state index in [-0.39, 0.29) is 30.9 Å². The fourth-order valence-corrected chi connectivity index (χ4v) is 6.09. The van der Waals surface area contributed by atoms with Gasteiger partial charge in [0, 0.05) is 12.8 Å². The molecule has 0 aromatic carbocycles. The summed E-state index contributed by atoms with van der Waals surface area (Å²) in [5.74, 6) is -2.45. The second-order valence-electron chi connectivity index (χ2n) is 14.8. The molecule has 0 aliphatic rings. The van der Waals surface area contributed by atoms with E-state index in [9.17, 15) is 19.2 Å². The molecule has 9 heteroatoms. The van der Waals surface area contributed by atoms with Gasteiger partial charge in [0.25, 0.3) is 0 Å². The van der Waals surface area contributed by atoms with Gasteiger partial charge in [-0.2, -0.15) is 0 Å². The molecular formula is C47H80N2O7. The zero-order valence-corrected chi connectivity index (χ0v) is 35.4. The number of unbranched alkanes of at least 4 members (excludes halogenated alkanes) is 17. The number of carbonyl (C=O) groups excluding carboxylic acids is 3. The van der Waals surface area contributed by atoms with Crippen molar-refractivity contribution in [3.8, 4) is 0 Å². The topological polar surface area (TPSA) is 142 Å². The first kappa shape index (κ1) is 52.5. The van der Waals surface area contributed by atoms with Gasteiger partial charge in [-0.3, -0.25) is 14.4 Å². The van der Waals surface area contributed by atoms with Crippen LogP contribution in [0.3, 0.4) is 0 Å². The molecule has 0 saturated heterocycles. The van der Waals surface area contributed by atoms with Gasteiger partial charge in [0.15, 0.2) is 0 Å². The van der Waals surface area contributed by atoms with E-state index in [0.717, 1.165) is 70.6 Å². The molecule has 320 valence electrons. The van der Waals surface area contributed by atoms with E-state index in [1.807, 2.05) is 6.08 Å². The third kappa shape index (κ3) is 37.5. The highest BCUT2D eigenvalue weighted by Crippen LogP contribution is 2.15. The van der Waals surface area contributed by atoms with Crippen molar-refractivity contribution in [2.75, 3.05) is 13.2 Å².